The Kier molecular flexibility index (Phi) is 9.34. The molecule has 0 radical (unpaired) electrons. The third-order valence-corrected chi connectivity index (χ3v) is 4.32. The number of benzene rings is 1. The summed E-state index contributed by atoms with van der Waals surface area (Å²) < 4.78 is 1.43. The lowest BCUT2D eigenvalue weighted by Gasteiger charge is -2.18. The second-order valence-corrected chi connectivity index (χ2v) is 6.64. The Balaban J connectivity index is 2.02. The van der Waals surface area contributed by atoms with Crippen molar-refractivity contribution in [1.82, 2.24) is 20.1 Å². The monoisotopic (exact) mass is 410 g/mol. The summed E-state index contributed by atoms with van der Waals surface area (Å²) in [6, 6.07) is 11.5. The Hall–Kier alpha value is -3.39. The van der Waals surface area contributed by atoms with Crippen LogP contribution in [-0.2, 0) is 24.2 Å². The average molecular weight is 410 g/mol. The quantitative estimate of drug-likeness (QED) is 0.154. The number of rotatable bonds is 12. The van der Waals surface area contributed by atoms with Crippen LogP contribution in [0.25, 0.3) is 10.4 Å². The van der Waals surface area contributed by atoms with Crippen molar-refractivity contribution in [3.63, 3.8) is 0 Å². The highest BCUT2D eigenvalue weighted by Gasteiger charge is 2.25. The number of unbranched alkanes of at least 4 members (excludes halogenated alkanes) is 1. The van der Waals surface area contributed by atoms with Crippen LogP contribution in [0.1, 0.15) is 36.5 Å². The SMILES string of the molecule is N#CCc1nc(Cc2ccccc2)n(CC(=O)N[C@@H](CCCCN=[N+]=[N-])B(O)O)n1. The van der Waals surface area contributed by atoms with E-state index in [2.05, 4.69) is 25.4 Å². The van der Waals surface area contributed by atoms with E-state index < -0.39 is 19.0 Å². The molecule has 1 atom stereocenters. The minimum atomic E-state index is -1.72. The van der Waals surface area contributed by atoms with E-state index in [0.717, 1.165) is 5.56 Å². The van der Waals surface area contributed by atoms with Crippen molar-refractivity contribution < 1.29 is 14.8 Å². The number of hydrogen-bond donors (Lipinski definition) is 3. The largest absolute Gasteiger partial charge is 0.475 e. The molecule has 0 aliphatic heterocycles. The van der Waals surface area contributed by atoms with Crippen molar-refractivity contribution >= 4 is 13.0 Å². The van der Waals surface area contributed by atoms with Crippen LogP contribution in [0.3, 0.4) is 0 Å². The topological polar surface area (TPSA) is 173 Å². The lowest BCUT2D eigenvalue weighted by atomic mass is 9.76. The zero-order valence-corrected chi connectivity index (χ0v) is 16.4. The van der Waals surface area contributed by atoms with E-state index in [1.165, 1.54) is 4.68 Å². The van der Waals surface area contributed by atoms with Gasteiger partial charge in [-0.1, -0.05) is 41.9 Å². The van der Waals surface area contributed by atoms with Crippen LogP contribution in [0, 0.1) is 11.3 Å². The summed E-state index contributed by atoms with van der Waals surface area (Å²) in [5.74, 6) is -0.445. The standard InChI is InChI=1S/C18H23BN8O3/c20-10-9-16-24-17(12-14-6-2-1-3-7-14)27(25-16)13-18(28)23-15(19(29)30)8-4-5-11-22-26-21/h1-3,6-7,15,29-30H,4-5,8-9,11-13H2,(H,23,28)/t15-/m0/s1. The molecular formula is C18H23BN8O3. The van der Waals surface area contributed by atoms with E-state index in [0.29, 0.717) is 43.9 Å². The molecule has 0 aliphatic carbocycles. The van der Waals surface area contributed by atoms with E-state index in [9.17, 15) is 14.8 Å². The Morgan fingerprint density at radius 2 is 2.13 bits per heavy atom. The molecular weight excluding hydrogens is 387 g/mol. The molecule has 1 heterocycles. The summed E-state index contributed by atoms with van der Waals surface area (Å²) >= 11 is 0. The van der Waals surface area contributed by atoms with Crippen molar-refractivity contribution in [3.05, 3.63) is 58.0 Å². The van der Waals surface area contributed by atoms with Gasteiger partial charge in [-0.15, -0.1) is 0 Å². The normalized spacial score (nSPS) is 11.2. The highest BCUT2D eigenvalue weighted by molar-refractivity contribution is 6.43. The number of aromatic nitrogens is 3. The summed E-state index contributed by atoms with van der Waals surface area (Å²) in [5, 5.41) is 38.2. The fourth-order valence-electron chi connectivity index (χ4n) is 2.88. The van der Waals surface area contributed by atoms with E-state index in [1.54, 1.807) is 0 Å². The molecule has 1 aromatic carbocycles. The molecule has 1 aromatic heterocycles. The number of nitriles is 1. The minimum Gasteiger partial charge on any atom is -0.426 e. The molecule has 30 heavy (non-hydrogen) atoms. The Morgan fingerprint density at radius 1 is 1.37 bits per heavy atom. The predicted molar refractivity (Wildman–Crippen MR) is 109 cm³/mol. The minimum absolute atomic E-state index is 0.0273. The lowest BCUT2D eigenvalue weighted by molar-refractivity contribution is -0.122. The molecule has 2 aromatic rings. The van der Waals surface area contributed by atoms with E-state index in [-0.39, 0.29) is 13.0 Å². The van der Waals surface area contributed by atoms with Crippen molar-refractivity contribution in [3.8, 4) is 6.07 Å². The first-order valence-corrected chi connectivity index (χ1v) is 9.53. The fourth-order valence-corrected chi connectivity index (χ4v) is 2.88. The smallest absolute Gasteiger partial charge is 0.426 e. The number of nitrogens with zero attached hydrogens (tertiary/aromatic N) is 7. The highest BCUT2D eigenvalue weighted by Crippen LogP contribution is 2.09. The number of azide groups is 1. The van der Waals surface area contributed by atoms with Crippen molar-refractivity contribution in [2.75, 3.05) is 6.54 Å². The maximum atomic E-state index is 12.5. The van der Waals surface area contributed by atoms with E-state index in [4.69, 9.17) is 10.8 Å². The van der Waals surface area contributed by atoms with Crippen LogP contribution >= 0.6 is 0 Å². The molecule has 12 heteroatoms. The van der Waals surface area contributed by atoms with Gasteiger partial charge in [0.25, 0.3) is 0 Å². The second-order valence-electron chi connectivity index (χ2n) is 6.64. The molecule has 0 saturated carbocycles. The summed E-state index contributed by atoms with van der Waals surface area (Å²) in [7, 11) is -1.72. The van der Waals surface area contributed by atoms with Gasteiger partial charge in [0, 0.05) is 17.9 Å². The number of hydrogen-bond acceptors (Lipinski definition) is 7. The number of carbonyl (C=O) groups is 1. The molecule has 0 bridgehead atoms. The summed E-state index contributed by atoms with van der Waals surface area (Å²) in [5.41, 5.74) is 9.25. The maximum absolute atomic E-state index is 12.5. The molecule has 11 nitrogen and oxygen atoms in total. The van der Waals surface area contributed by atoms with Gasteiger partial charge >= 0.3 is 7.12 Å². The first kappa shape index (κ1) is 22.9. The summed E-state index contributed by atoms with van der Waals surface area (Å²) in [4.78, 5) is 19.5. The summed E-state index contributed by atoms with van der Waals surface area (Å²) in [6.45, 7) is 0.144. The third-order valence-electron chi connectivity index (χ3n) is 4.32. The van der Waals surface area contributed by atoms with Gasteiger partial charge in [-0.2, -0.15) is 10.4 Å². The average Bonchev–Trinajstić information content (AvgIpc) is 3.08. The van der Waals surface area contributed by atoms with Crippen LogP contribution in [0.2, 0.25) is 0 Å². The number of carbonyl (C=O) groups excluding carboxylic acids is 1. The summed E-state index contributed by atoms with van der Waals surface area (Å²) in [6.07, 6.45) is 1.91. The van der Waals surface area contributed by atoms with E-state index in [1.807, 2.05) is 36.4 Å². The highest BCUT2D eigenvalue weighted by atomic mass is 16.4. The Labute approximate surface area is 174 Å². The lowest BCUT2D eigenvalue weighted by Crippen LogP contribution is -2.47. The van der Waals surface area contributed by atoms with Crippen LogP contribution in [0.4, 0.5) is 0 Å². The van der Waals surface area contributed by atoms with Crippen molar-refractivity contribution in [2.24, 2.45) is 5.11 Å². The molecule has 0 fully saturated rings. The van der Waals surface area contributed by atoms with Gasteiger partial charge in [0.2, 0.25) is 5.91 Å². The Bertz CT molecular complexity index is 906. The Morgan fingerprint density at radius 3 is 2.80 bits per heavy atom. The first-order chi connectivity index (χ1) is 14.5. The first-order valence-electron chi connectivity index (χ1n) is 9.53. The molecule has 156 valence electrons. The van der Waals surface area contributed by atoms with Gasteiger partial charge in [-0.05, 0) is 23.9 Å². The van der Waals surface area contributed by atoms with Crippen molar-refractivity contribution in [2.45, 2.75) is 44.6 Å². The van der Waals surface area contributed by atoms with Crippen LogP contribution in [-0.4, -0.2) is 50.3 Å². The van der Waals surface area contributed by atoms with Crippen LogP contribution < -0.4 is 5.32 Å². The van der Waals surface area contributed by atoms with E-state index >= 15 is 0 Å². The molecule has 0 aliphatic rings. The molecule has 0 unspecified atom stereocenters. The predicted octanol–water partition coefficient (Wildman–Crippen LogP) is 0.912. The zero-order chi connectivity index (χ0) is 21.8. The van der Waals surface area contributed by atoms with Crippen LogP contribution in [0.15, 0.2) is 35.4 Å². The maximum Gasteiger partial charge on any atom is 0.475 e. The van der Waals surface area contributed by atoms with Gasteiger partial charge in [0.1, 0.15) is 12.4 Å². The van der Waals surface area contributed by atoms with Gasteiger partial charge in [-0.25, -0.2) is 9.67 Å². The molecule has 3 N–H and O–H groups in total. The van der Waals surface area contributed by atoms with Gasteiger partial charge in [-0.3, -0.25) is 4.79 Å². The third kappa shape index (κ3) is 7.56. The van der Waals surface area contributed by atoms with Crippen LogP contribution in [0.5, 0.6) is 0 Å². The molecule has 0 saturated heterocycles. The van der Waals surface area contributed by atoms with Gasteiger partial charge < -0.3 is 15.4 Å². The fraction of sp³-hybridized carbons (Fsp3) is 0.444. The number of amides is 1. The zero-order valence-electron chi connectivity index (χ0n) is 16.4. The molecule has 1 amide bonds. The van der Waals surface area contributed by atoms with Crippen molar-refractivity contribution in [1.29, 1.82) is 5.26 Å². The van der Waals surface area contributed by atoms with Gasteiger partial charge in [0.15, 0.2) is 5.82 Å². The second kappa shape index (κ2) is 12.2. The molecule has 0 spiro atoms. The number of nitrogens with one attached hydrogen (secondary N) is 1. The van der Waals surface area contributed by atoms with Gasteiger partial charge in [0.05, 0.1) is 18.4 Å². The molecule has 2 rings (SSSR count).